The third-order valence-electron chi connectivity index (χ3n) is 4.42. The van der Waals surface area contributed by atoms with Crippen LogP contribution in [0.2, 0.25) is 0 Å². The van der Waals surface area contributed by atoms with Gasteiger partial charge in [0.05, 0.1) is 11.7 Å². The molecular weight excluding hydrogens is 396 g/mol. The van der Waals surface area contributed by atoms with Crippen LogP contribution in [0.5, 0.6) is 0 Å². The fraction of sp³-hybridized carbons (Fsp3) is 0.350. The van der Waals surface area contributed by atoms with Gasteiger partial charge in [0.25, 0.3) is 5.56 Å². The lowest BCUT2D eigenvalue weighted by Gasteiger charge is -2.09. The van der Waals surface area contributed by atoms with Crippen LogP contribution in [0.4, 0.5) is 0 Å². The highest BCUT2D eigenvalue weighted by Gasteiger charge is 2.14. The van der Waals surface area contributed by atoms with Crippen molar-refractivity contribution in [3.63, 3.8) is 0 Å². The number of carbonyl (C=O) groups excluding carboxylic acids is 1. The molecule has 3 rings (SSSR count). The van der Waals surface area contributed by atoms with Crippen molar-refractivity contribution in [3.05, 3.63) is 51.9 Å². The van der Waals surface area contributed by atoms with E-state index in [1.54, 1.807) is 0 Å². The molecule has 8 heteroatoms. The molecule has 28 heavy (non-hydrogen) atoms. The second kappa shape index (κ2) is 9.82. The summed E-state index contributed by atoms with van der Waals surface area (Å²) in [5.41, 5.74) is 8.62. The van der Waals surface area contributed by atoms with E-state index in [-0.39, 0.29) is 36.3 Å². The van der Waals surface area contributed by atoms with Gasteiger partial charge in [0.15, 0.2) is 0 Å². The molecule has 0 aliphatic rings. The Hall–Kier alpha value is -2.22. The minimum Gasteiger partial charge on any atom is -0.356 e. The van der Waals surface area contributed by atoms with Crippen molar-refractivity contribution >= 4 is 39.9 Å². The number of carbonyl (C=O) groups is 1. The minimum atomic E-state index is -0.111. The molecular formula is C20H25ClN4O2S. The van der Waals surface area contributed by atoms with Gasteiger partial charge in [-0.1, -0.05) is 29.8 Å². The van der Waals surface area contributed by atoms with Crippen molar-refractivity contribution < 1.29 is 4.79 Å². The molecule has 1 aromatic carbocycles. The lowest BCUT2D eigenvalue weighted by molar-refractivity contribution is -0.121. The van der Waals surface area contributed by atoms with E-state index in [1.165, 1.54) is 27.8 Å². The zero-order valence-electron chi connectivity index (χ0n) is 16.0. The normalized spacial score (nSPS) is 11.8. The van der Waals surface area contributed by atoms with E-state index < -0.39 is 0 Å². The largest absolute Gasteiger partial charge is 0.356 e. The number of aryl methyl sites for hydroxylation is 2. The Balaban J connectivity index is 0.00000280. The third-order valence-corrected chi connectivity index (χ3v) is 5.31. The van der Waals surface area contributed by atoms with Crippen LogP contribution in [0.15, 0.2) is 40.8 Å². The Morgan fingerprint density at radius 1 is 1.32 bits per heavy atom. The lowest BCUT2D eigenvalue weighted by atomic mass is 10.1. The Morgan fingerprint density at radius 3 is 2.71 bits per heavy atom. The molecule has 150 valence electrons. The Kier molecular flexibility index (Phi) is 7.74. The molecule has 0 fully saturated rings. The summed E-state index contributed by atoms with van der Waals surface area (Å²) in [5, 5.41) is 5.41. The minimum absolute atomic E-state index is 0. The number of hydrogen-bond acceptors (Lipinski definition) is 5. The molecule has 0 saturated heterocycles. The van der Waals surface area contributed by atoms with Crippen LogP contribution < -0.4 is 16.6 Å². The number of halogens is 1. The Morgan fingerprint density at radius 2 is 2.04 bits per heavy atom. The monoisotopic (exact) mass is 420 g/mol. The molecule has 1 atom stereocenters. The summed E-state index contributed by atoms with van der Waals surface area (Å²) in [6.45, 7) is 4.78. The molecule has 0 saturated carbocycles. The summed E-state index contributed by atoms with van der Waals surface area (Å²) in [5.74, 6) is -0.0910. The van der Waals surface area contributed by atoms with Crippen molar-refractivity contribution in [1.29, 1.82) is 0 Å². The molecule has 3 N–H and O–H groups in total. The molecule has 1 amide bonds. The van der Waals surface area contributed by atoms with E-state index in [0.29, 0.717) is 23.3 Å². The molecule has 2 aromatic heterocycles. The van der Waals surface area contributed by atoms with E-state index in [1.807, 2.05) is 43.5 Å². The number of hydrogen-bond donors (Lipinski definition) is 2. The SMILES string of the molecule is Cc1ccc(-c2csc3ncn(CCC(=O)NCCC(C)N)c(=O)c23)cc1.Cl. The molecule has 1 unspecified atom stereocenters. The fourth-order valence-electron chi connectivity index (χ4n) is 2.82. The van der Waals surface area contributed by atoms with E-state index >= 15 is 0 Å². The van der Waals surface area contributed by atoms with E-state index in [0.717, 1.165) is 17.5 Å². The van der Waals surface area contributed by atoms with Gasteiger partial charge in [-0.25, -0.2) is 4.98 Å². The standard InChI is InChI=1S/C20H24N4O2S.ClH/c1-13-3-5-15(6-4-13)16-11-27-19-18(16)20(26)24(12-23-19)10-8-17(25)22-9-7-14(2)21;/h3-6,11-12,14H,7-10,21H2,1-2H3,(H,22,25);1H. The Bertz CT molecular complexity index is 996. The zero-order chi connectivity index (χ0) is 19.4. The third kappa shape index (κ3) is 5.19. The van der Waals surface area contributed by atoms with Gasteiger partial charge in [-0.3, -0.25) is 14.2 Å². The molecule has 2 heterocycles. The van der Waals surface area contributed by atoms with Gasteiger partial charge >= 0.3 is 0 Å². The van der Waals surface area contributed by atoms with Gasteiger partial charge < -0.3 is 11.1 Å². The van der Waals surface area contributed by atoms with Crippen molar-refractivity contribution in [1.82, 2.24) is 14.9 Å². The van der Waals surface area contributed by atoms with E-state index in [2.05, 4.69) is 10.3 Å². The number of fused-ring (bicyclic) bond motifs is 1. The molecule has 3 aromatic rings. The average molecular weight is 421 g/mol. The maximum atomic E-state index is 12.9. The second-order valence-electron chi connectivity index (χ2n) is 6.80. The predicted molar refractivity (Wildman–Crippen MR) is 117 cm³/mol. The summed E-state index contributed by atoms with van der Waals surface area (Å²) in [4.78, 5) is 30.0. The number of aromatic nitrogens is 2. The summed E-state index contributed by atoms with van der Waals surface area (Å²) in [6.07, 6.45) is 2.49. The number of thiophene rings is 1. The van der Waals surface area contributed by atoms with Gasteiger partial charge in [-0.2, -0.15) is 0 Å². The maximum Gasteiger partial charge on any atom is 0.262 e. The first-order valence-electron chi connectivity index (χ1n) is 9.01. The quantitative estimate of drug-likeness (QED) is 0.614. The number of nitrogens with one attached hydrogen (secondary N) is 1. The first-order valence-corrected chi connectivity index (χ1v) is 9.89. The molecule has 0 aliphatic heterocycles. The highest BCUT2D eigenvalue weighted by Crippen LogP contribution is 2.30. The molecule has 6 nitrogen and oxygen atoms in total. The molecule has 0 radical (unpaired) electrons. The van der Waals surface area contributed by atoms with Crippen LogP contribution in [0, 0.1) is 6.92 Å². The van der Waals surface area contributed by atoms with Gasteiger partial charge in [0.2, 0.25) is 5.91 Å². The van der Waals surface area contributed by atoms with Crippen molar-refractivity contribution in [2.24, 2.45) is 5.73 Å². The van der Waals surface area contributed by atoms with Crippen LogP contribution >= 0.6 is 23.7 Å². The summed E-state index contributed by atoms with van der Waals surface area (Å²) < 4.78 is 1.51. The predicted octanol–water partition coefficient (Wildman–Crippen LogP) is 3.10. The van der Waals surface area contributed by atoms with Gasteiger partial charge in [0.1, 0.15) is 4.83 Å². The Labute approximate surface area is 174 Å². The topological polar surface area (TPSA) is 90.0 Å². The smallest absolute Gasteiger partial charge is 0.262 e. The van der Waals surface area contributed by atoms with Gasteiger partial charge in [-0.05, 0) is 25.8 Å². The first-order chi connectivity index (χ1) is 13.0. The van der Waals surface area contributed by atoms with Crippen LogP contribution in [0.3, 0.4) is 0 Å². The number of nitrogens with zero attached hydrogens (tertiary/aromatic N) is 2. The zero-order valence-corrected chi connectivity index (χ0v) is 17.6. The number of nitrogens with two attached hydrogens (primary N) is 1. The molecule has 0 spiro atoms. The van der Waals surface area contributed by atoms with E-state index in [4.69, 9.17) is 5.73 Å². The van der Waals surface area contributed by atoms with Gasteiger partial charge in [-0.15, -0.1) is 23.7 Å². The highest BCUT2D eigenvalue weighted by molar-refractivity contribution is 7.17. The number of benzene rings is 1. The average Bonchev–Trinajstić information content (AvgIpc) is 3.06. The lowest BCUT2D eigenvalue weighted by Crippen LogP contribution is -2.30. The number of rotatable bonds is 7. The summed E-state index contributed by atoms with van der Waals surface area (Å²) >= 11 is 1.46. The van der Waals surface area contributed by atoms with Crippen LogP contribution in [0.25, 0.3) is 21.3 Å². The summed E-state index contributed by atoms with van der Waals surface area (Å²) in [7, 11) is 0. The second-order valence-corrected chi connectivity index (χ2v) is 7.66. The van der Waals surface area contributed by atoms with Crippen LogP contribution in [-0.4, -0.2) is 28.0 Å². The highest BCUT2D eigenvalue weighted by atomic mass is 35.5. The summed E-state index contributed by atoms with van der Waals surface area (Å²) in [6, 6.07) is 8.14. The maximum absolute atomic E-state index is 12.9. The van der Waals surface area contributed by atoms with Crippen LogP contribution in [0.1, 0.15) is 25.3 Å². The van der Waals surface area contributed by atoms with Crippen molar-refractivity contribution in [3.8, 4) is 11.1 Å². The van der Waals surface area contributed by atoms with Gasteiger partial charge in [0, 0.05) is 36.5 Å². The van der Waals surface area contributed by atoms with E-state index in [9.17, 15) is 9.59 Å². The first kappa shape index (κ1) is 22.1. The van der Waals surface area contributed by atoms with Crippen LogP contribution in [-0.2, 0) is 11.3 Å². The fourth-order valence-corrected chi connectivity index (χ4v) is 3.73. The molecule has 0 aliphatic carbocycles. The van der Waals surface area contributed by atoms with Crippen molar-refractivity contribution in [2.75, 3.05) is 6.54 Å². The van der Waals surface area contributed by atoms with Crippen molar-refractivity contribution in [2.45, 2.75) is 39.3 Å². The number of amides is 1. The molecule has 0 bridgehead atoms.